The highest BCUT2D eigenvalue weighted by Crippen LogP contribution is 2.36. The molecule has 0 spiro atoms. The van der Waals surface area contributed by atoms with Crippen LogP contribution in [0.5, 0.6) is 0 Å². The minimum Gasteiger partial charge on any atom is -0.349 e. The van der Waals surface area contributed by atoms with Crippen molar-refractivity contribution in [3.05, 3.63) is 34.9 Å². The summed E-state index contributed by atoms with van der Waals surface area (Å²) in [5, 5.41) is 9.85. The number of rotatable bonds is 9. The molecule has 3 fully saturated rings. The second-order valence-electron chi connectivity index (χ2n) is 16.4. The van der Waals surface area contributed by atoms with Crippen LogP contribution in [0.2, 0.25) is 0 Å². The molecule has 0 saturated heterocycles. The zero-order valence-electron chi connectivity index (χ0n) is 29.7. The van der Waals surface area contributed by atoms with Gasteiger partial charge in [-0.1, -0.05) is 62.3 Å². The maximum absolute atomic E-state index is 13.7. The van der Waals surface area contributed by atoms with Crippen LogP contribution in [0.1, 0.15) is 151 Å². The standard InChI is InChI=1S/C39H63N3O3/c1-22(2)28-10-13-34(25(7)16-28)40-37(43)31-19-32(38(44)41-35-14-11-29(23(3)4)17-26(35)8)21-33(20-31)39(45)42-36-15-12-30(24(5)6)18-27(36)9/h19-30,34-36H,10-18H2,1-9H3,(H,40,43)(H,41,44)(H,42,45). The summed E-state index contributed by atoms with van der Waals surface area (Å²) in [5.74, 6) is 4.55. The first-order chi connectivity index (χ1) is 21.2. The van der Waals surface area contributed by atoms with Gasteiger partial charge in [0.15, 0.2) is 0 Å². The molecule has 3 N–H and O–H groups in total. The van der Waals surface area contributed by atoms with E-state index in [1.807, 2.05) is 0 Å². The maximum atomic E-state index is 13.7. The fourth-order valence-electron chi connectivity index (χ4n) is 8.55. The Morgan fingerprint density at radius 1 is 0.489 bits per heavy atom. The van der Waals surface area contributed by atoms with Gasteiger partial charge in [-0.15, -0.1) is 0 Å². The molecule has 3 saturated carbocycles. The molecule has 9 unspecified atom stereocenters. The Morgan fingerprint density at radius 3 is 0.933 bits per heavy atom. The molecule has 9 atom stereocenters. The predicted octanol–water partition coefficient (Wildman–Crippen LogP) is 8.26. The molecule has 4 rings (SSSR count). The van der Waals surface area contributed by atoms with Gasteiger partial charge in [0.05, 0.1) is 0 Å². The third-order valence-electron chi connectivity index (χ3n) is 12.1. The Balaban J connectivity index is 1.53. The molecule has 3 amide bonds. The zero-order valence-corrected chi connectivity index (χ0v) is 29.7. The summed E-state index contributed by atoms with van der Waals surface area (Å²) < 4.78 is 0. The van der Waals surface area contributed by atoms with Crippen molar-refractivity contribution in [2.75, 3.05) is 0 Å². The SMILES string of the molecule is CC(C)C1CCC(NC(=O)c2cc(C(=O)NC3CCC(C(C)C)CC3C)cc(C(=O)NC3CCC(C(C)C)CC3C)c2)C(C)C1. The first-order valence-corrected chi connectivity index (χ1v) is 18.3. The van der Waals surface area contributed by atoms with Crippen LogP contribution in [0, 0.1) is 53.3 Å². The van der Waals surface area contributed by atoms with Crippen molar-refractivity contribution in [1.29, 1.82) is 0 Å². The second kappa shape index (κ2) is 15.5. The van der Waals surface area contributed by atoms with Crippen molar-refractivity contribution in [2.24, 2.45) is 53.3 Å². The van der Waals surface area contributed by atoms with Gasteiger partial charge in [0, 0.05) is 34.8 Å². The highest BCUT2D eigenvalue weighted by atomic mass is 16.2. The van der Waals surface area contributed by atoms with Crippen LogP contribution in [0.15, 0.2) is 18.2 Å². The lowest BCUT2D eigenvalue weighted by molar-refractivity contribution is 0.0886. The monoisotopic (exact) mass is 621 g/mol. The second-order valence-corrected chi connectivity index (χ2v) is 16.4. The summed E-state index contributed by atoms with van der Waals surface area (Å²) in [6, 6.07) is 5.34. The molecule has 0 radical (unpaired) electrons. The fourth-order valence-corrected chi connectivity index (χ4v) is 8.55. The average molecular weight is 622 g/mol. The van der Waals surface area contributed by atoms with E-state index in [1.165, 1.54) is 0 Å². The van der Waals surface area contributed by atoms with Gasteiger partial charge in [-0.05, 0) is 129 Å². The maximum Gasteiger partial charge on any atom is 0.251 e. The predicted molar refractivity (Wildman–Crippen MR) is 184 cm³/mol. The Labute approximate surface area is 274 Å². The molecule has 1 aromatic carbocycles. The summed E-state index contributed by atoms with van der Waals surface area (Å²) in [5.41, 5.74) is 1.16. The van der Waals surface area contributed by atoms with E-state index in [9.17, 15) is 14.4 Å². The van der Waals surface area contributed by atoms with Crippen molar-refractivity contribution >= 4 is 17.7 Å². The Morgan fingerprint density at radius 2 is 0.733 bits per heavy atom. The van der Waals surface area contributed by atoms with Gasteiger partial charge in [0.1, 0.15) is 0 Å². The van der Waals surface area contributed by atoms with Crippen LogP contribution in [-0.4, -0.2) is 35.8 Å². The lowest BCUT2D eigenvalue weighted by atomic mass is 9.74. The largest absolute Gasteiger partial charge is 0.349 e. The lowest BCUT2D eigenvalue weighted by Gasteiger charge is -2.37. The summed E-state index contributed by atoms with van der Waals surface area (Å²) in [6.07, 6.45) is 9.51. The van der Waals surface area contributed by atoms with Crippen molar-refractivity contribution in [1.82, 2.24) is 16.0 Å². The van der Waals surface area contributed by atoms with Gasteiger partial charge in [-0.25, -0.2) is 0 Å². The third kappa shape index (κ3) is 9.13. The number of hydrogen-bond acceptors (Lipinski definition) is 3. The molecule has 3 aliphatic rings. The van der Waals surface area contributed by atoms with Crippen LogP contribution < -0.4 is 16.0 Å². The number of nitrogens with one attached hydrogen (secondary N) is 3. The molecule has 0 aliphatic heterocycles. The number of hydrogen-bond donors (Lipinski definition) is 3. The molecule has 6 nitrogen and oxygen atoms in total. The van der Waals surface area contributed by atoms with Crippen LogP contribution >= 0.6 is 0 Å². The van der Waals surface area contributed by atoms with Crippen LogP contribution in [0.4, 0.5) is 0 Å². The molecule has 3 aliphatic carbocycles. The van der Waals surface area contributed by atoms with Gasteiger partial charge < -0.3 is 16.0 Å². The van der Waals surface area contributed by atoms with E-state index < -0.39 is 0 Å². The van der Waals surface area contributed by atoms with E-state index in [4.69, 9.17) is 0 Å². The molecule has 45 heavy (non-hydrogen) atoms. The quantitative estimate of drug-likeness (QED) is 0.259. The van der Waals surface area contributed by atoms with E-state index >= 15 is 0 Å². The van der Waals surface area contributed by atoms with Gasteiger partial charge in [-0.2, -0.15) is 0 Å². The molecular formula is C39H63N3O3. The van der Waals surface area contributed by atoms with E-state index in [2.05, 4.69) is 78.3 Å². The van der Waals surface area contributed by atoms with E-state index in [-0.39, 0.29) is 35.8 Å². The first kappa shape index (κ1) is 35.5. The first-order valence-electron chi connectivity index (χ1n) is 18.3. The molecular weight excluding hydrogens is 558 g/mol. The molecule has 0 bridgehead atoms. The Hall–Kier alpha value is -2.37. The van der Waals surface area contributed by atoms with Crippen LogP contribution in [0.25, 0.3) is 0 Å². The van der Waals surface area contributed by atoms with Crippen molar-refractivity contribution in [2.45, 2.75) is 138 Å². The fraction of sp³-hybridized carbons (Fsp3) is 0.769. The summed E-state index contributed by atoms with van der Waals surface area (Å²) >= 11 is 0. The minimum atomic E-state index is -0.199. The summed E-state index contributed by atoms with van der Waals surface area (Å²) in [7, 11) is 0. The Bertz CT molecular complexity index is 1020. The average Bonchev–Trinajstić information content (AvgIpc) is 2.99. The summed E-state index contributed by atoms with van der Waals surface area (Å²) in [6.45, 7) is 20.4. The van der Waals surface area contributed by atoms with Crippen LogP contribution in [0.3, 0.4) is 0 Å². The molecule has 0 heterocycles. The van der Waals surface area contributed by atoms with Crippen molar-refractivity contribution in [3.8, 4) is 0 Å². The molecule has 0 aromatic heterocycles. The molecule has 252 valence electrons. The van der Waals surface area contributed by atoms with Gasteiger partial charge in [0.2, 0.25) is 0 Å². The number of carbonyl (C=O) groups is 3. The molecule has 6 heteroatoms. The van der Waals surface area contributed by atoms with Gasteiger partial charge >= 0.3 is 0 Å². The Kier molecular flexibility index (Phi) is 12.2. The number of carbonyl (C=O) groups excluding carboxylic acids is 3. The van der Waals surface area contributed by atoms with Gasteiger partial charge in [0.25, 0.3) is 17.7 Å². The van der Waals surface area contributed by atoms with Gasteiger partial charge in [-0.3, -0.25) is 14.4 Å². The number of amides is 3. The summed E-state index contributed by atoms with van der Waals surface area (Å²) in [4.78, 5) is 41.2. The highest BCUT2D eigenvalue weighted by Gasteiger charge is 2.33. The van der Waals surface area contributed by atoms with E-state index in [0.29, 0.717) is 70.0 Å². The van der Waals surface area contributed by atoms with Crippen molar-refractivity contribution in [3.63, 3.8) is 0 Å². The van der Waals surface area contributed by atoms with Crippen LogP contribution in [-0.2, 0) is 0 Å². The normalized spacial score (nSPS) is 32.4. The van der Waals surface area contributed by atoms with E-state index in [1.54, 1.807) is 18.2 Å². The smallest absolute Gasteiger partial charge is 0.251 e. The zero-order chi connectivity index (χ0) is 33.0. The van der Waals surface area contributed by atoms with Crippen molar-refractivity contribution < 1.29 is 14.4 Å². The molecule has 1 aromatic rings. The third-order valence-corrected chi connectivity index (χ3v) is 12.1. The lowest BCUT2D eigenvalue weighted by Crippen LogP contribution is -2.45. The number of benzene rings is 1. The highest BCUT2D eigenvalue weighted by molar-refractivity contribution is 6.04. The van der Waals surface area contributed by atoms with E-state index in [0.717, 1.165) is 57.8 Å². The topological polar surface area (TPSA) is 87.3 Å². The minimum absolute atomic E-state index is 0.0937.